The molecule has 0 atom stereocenters. The van der Waals surface area contributed by atoms with E-state index in [1.165, 1.54) is 5.56 Å². The minimum absolute atomic E-state index is 0.228. The molecule has 1 saturated heterocycles. The molecule has 0 saturated carbocycles. The van der Waals surface area contributed by atoms with Crippen LogP contribution >= 0.6 is 0 Å². The van der Waals surface area contributed by atoms with Crippen molar-refractivity contribution in [3.63, 3.8) is 0 Å². The second-order valence-electron chi connectivity index (χ2n) is 6.07. The number of furan rings is 1. The predicted octanol–water partition coefficient (Wildman–Crippen LogP) is 3.07. The van der Waals surface area contributed by atoms with E-state index >= 15 is 0 Å². The van der Waals surface area contributed by atoms with Crippen molar-refractivity contribution in [1.82, 2.24) is 9.80 Å². The van der Waals surface area contributed by atoms with Crippen LogP contribution in [0.4, 0.5) is 0 Å². The molecular formula is C20H24N2O2. The third-order valence-electron chi connectivity index (χ3n) is 4.36. The maximum atomic E-state index is 12.3. The van der Waals surface area contributed by atoms with E-state index in [4.69, 9.17) is 4.42 Å². The van der Waals surface area contributed by atoms with Crippen LogP contribution in [0.25, 0.3) is 6.08 Å². The van der Waals surface area contributed by atoms with E-state index in [1.54, 1.807) is 6.26 Å². The van der Waals surface area contributed by atoms with Gasteiger partial charge in [-0.1, -0.05) is 42.5 Å². The van der Waals surface area contributed by atoms with Crippen LogP contribution in [0.2, 0.25) is 0 Å². The molecule has 0 aliphatic carbocycles. The number of benzene rings is 1. The highest BCUT2D eigenvalue weighted by molar-refractivity contribution is 5.76. The number of rotatable bonds is 6. The van der Waals surface area contributed by atoms with E-state index in [1.807, 2.05) is 35.2 Å². The van der Waals surface area contributed by atoms with Crippen molar-refractivity contribution in [2.75, 3.05) is 32.7 Å². The lowest BCUT2D eigenvalue weighted by atomic mass is 10.2. The molecule has 1 aromatic heterocycles. The third kappa shape index (κ3) is 4.83. The Kier molecular flexibility index (Phi) is 5.85. The molecule has 1 aliphatic rings. The summed E-state index contributed by atoms with van der Waals surface area (Å²) in [5, 5.41) is 0. The largest absolute Gasteiger partial charge is 0.469 e. The van der Waals surface area contributed by atoms with Crippen LogP contribution in [-0.2, 0) is 11.2 Å². The molecule has 4 heteroatoms. The van der Waals surface area contributed by atoms with E-state index in [0.29, 0.717) is 12.8 Å². The lowest BCUT2D eigenvalue weighted by Crippen LogP contribution is -2.48. The standard InChI is InChI=1S/C20H24N2O2/c23-20(11-10-19-9-5-17-24-19)22-15-13-21(14-16-22)12-4-8-18-6-2-1-3-7-18/h1-9,17H,10-16H2/b8-4+. The molecule has 0 bridgehead atoms. The lowest BCUT2D eigenvalue weighted by Gasteiger charge is -2.34. The molecule has 3 rings (SSSR count). The average Bonchev–Trinajstić information content (AvgIpc) is 3.15. The Labute approximate surface area is 143 Å². The Hall–Kier alpha value is -2.33. The Morgan fingerprint density at radius 3 is 2.54 bits per heavy atom. The highest BCUT2D eigenvalue weighted by Crippen LogP contribution is 2.09. The fourth-order valence-electron chi connectivity index (χ4n) is 2.92. The summed E-state index contributed by atoms with van der Waals surface area (Å²) in [6, 6.07) is 14.1. The van der Waals surface area contributed by atoms with Gasteiger partial charge in [0.25, 0.3) is 0 Å². The second-order valence-corrected chi connectivity index (χ2v) is 6.07. The van der Waals surface area contributed by atoms with Crippen molar-refractivity contribution in [3.8, 4) is 0 Å². The van der Waals surface area contributed by atoms with E-state index < -0.39 is 0 Å². The van der Waals surface area contributed by atoms with Crippen LogP contribution in [0.3, 0.4) is 0 Å². The SMILES string of the molecule is O=C(CCc1ccco1)N1CCN(C/C=C/c2ccccc2)CC1. The lowest BCUT2D eigenvalue weighted by molar-refractivity contribution is -0.132. The molecule has 1 fully saturated rings. The Morgan fingerprint density at radius 2 is 1.83 bits per heavy atom. The monoisotopic (exact) mass is 324 g/mol. The average molecular weight is 324 g/mol. The molecule has 2 heterocycles. The number of nitrogens with zero attached hydrogens (tertiary/aromatic N) is 2. The van der Waals surface area contributed by atoms with Crippen LogP contribution in [0.1, 0.15) is 17.7 Å². The summed E-state index contributed by atoms with van der Waals surface area (Å²) in [6.45, 7) is 4.44. The molecule has 24 heavy (non-hydrogen) atoms. The van der Waals surface area contributed by atoms with Gasteiger partial charge in [0, 0.05) is 45.6 Å². The van der Waals surface area contributed by atoms with Gasteiger partial charge in [0.05, 0.1) is 6.26 Å². The maximum Gasteiger partial charge on any atom is 0.223 e. The zero-order valence-electron chi connectivity index (χ0n) is 13.9. The van der Waals surface area contributed by atoms with E-state index in [0.717, 1.165) is 38.5 Å². The number of aryl methyl sites for hydroxylation is 1. The number of carbonyl (C=O) groups excluding carboxylic acids is 1. The highest BCUT2D eigenvalue weighted by atomic mass is 16.3. The fourth-order valence-corrected chi connectivity index (χ4v) is 2.92. The molecule has 0 spiro atoms. The van der Waals surface area contributed by atoms with Gasteiger partial charge >= 0.3 is 0 Å². The van der Waals surface area contributed by atoms with Crippen molar-refractivity contribution in [1.29, 1.82) is 0 Å². The maximum absolute atomic E-state index is 12.3. The molecule has 2 aromatic rings. The van der Waals surface area contributed by atoms with Gasteiger partial charge < -0.3 is 9.32 Å². The highest BCUT2D eigenvalue weighted by Gasteiger charge is 2.20. The van der Waals surface area contributed by atoms with Gasteiger partial charge in [0.1, 0.15) is 5.76 Å². The Morgan fingerprint density at radius 1 is 1.04 bits per heavy atom. The second kappa shape index (κ2) is 8.50. The molecule has 4 nitrogen and oxygen atoms in total. The van der Waals surface area contributed by atoms with Gasteiger partial charge in [0.15, 0.2) is 0 Å². The molecular weight excluding hydrogens is 300 g/mol. The van der Waals surface area contributed by atoms with Crippen LogP contribution in [-0.4, -0.2) is 48.4 Å². The zero-order chi connectivity index (χ0) is 16.6. The summed E-state index contributed by atoms with van der Waals surface area (Å²) in [6.07, 6.45) is 7.22. The summed E-state index contributed by atoms with van der Waals surface area (Å²) in [4.78, 5) is 16.6. The van der Waals surface area contributed by atoms with Crippen molar-refractivity contribution in [2.45, 2.75) is 12.8 Å². The third-order valence-corrected chi connectivity index (χ3v) is 4.36. The minimum atomic E-state index is 0.228. The molecule has 126 valence electrons. The normalized spacial score (nSPS) is 15.9. The summed E-state index contributed by atoms with van der Waals surface area (Å²) in [7, 11) is 0. The van der Waals surface area contributed by atoms with Crippen LogP contribution in [0, 0.1) is 0 Å². The van der Waals surface area contributed by atoms with Gasteiger partial charge in [0.2, 0.25) is 5.91 Å². The van der Waals surface area contributed by atoms with Crippen molar-refractivity contribution >= 4 is 12.0 Å². The molecule has 1 amide bonds. The summed E-state index contributed by atoms with van der Waals surface area (Å²) in [5.41, 5.74) is 1.23. The van der Waals surface area contributed by atoms with Gasteiger partial charge in [-0.15, -0.1) is 0 Å². The molecule has 1 aromatic carbocycles. The summed E-state index contributed by atoms with van der Waals surface area (Å²) >= 11 is 0. The van der Waals surface area contributed by atoms with E-state index in [-0.39, 0.29) is 5.91 Å². The molecule has 0 N–H and O–H groups in total. The fraction of sp³-hybridized carbons (Fsp3) is 0.350. The van der Waals surface area contributed by atoms with Gasteiger partial charge in [-0.2, -0.15) is 0 Å². The number of carbonyl (C=O) groups is 1. The number of amides is 1. The predicted molar refractivity (Wildman–Crippen MR) is 95.5 cm³/mol. The van der Waals surface area contributed by atoms with Crippen LogP contribution < -0.4 is 0 Å². The van der Waals surface area contributed by atoms with Crippen molar-refractivity contribution in [3.05, 3.63) is 66.1 Å². The summed E-state index contributed by atoms with van der Waals surface area (Å²) in [5.74, 6) is 1.11. The first-order valence-corrected chi connectivity index (χ1v) is 8.55. The molecule has 0 unspecified atom stereocenters. The first kappa shape index (κ1) is 16.5. The number of hydrogen-bond acceptors (Lipinski definition) is 3. The minimum Gasteiger partial charge on any atom is -0.469 e. The van der Waals surface area contributed by atoms with E-state index in [9.17, 15) is 4.79 Å². The first-order valence-electron chi connectivity index (χ1n) is 8.55. The number of piperazine rings is 1. The number of hydrogen-bond donors (Lipinski definition) is 0. The van der Waals surface area contributed by atoms with Gasteiger partial charge in [-0.3, -0.25) is 9.69 Å². The molecule has 0 radical (unpaired) electrons. The topological polar surface area (TPSA) is 36.7 Å². The first-order chi connectivity index (χ1) is 11.8. The molecule has 1 aliphatic heterocycles. The van der Waals surface area contributed by atoms with Crippen molar-refractivity contribution in [2.24, 2.45) is 0 Å². The Balaban J connectivity index is 1.37. The zero-order valence-corrected chi connectivity index (χ0v) is 13.9. The van der Waals surface area contributed by atoms with Crippen LogP contribution in [0.5, 0.6) is 0 Å². The van der Waals surface area contributed by atoms with E-state index in [2.05, 4.69) is 29.2 Å². The van der Waals surface area contributed by atoms with Crippen LogP contribution in [0.15, 0.2) is 59.2 Å². The van der Waals surface area contributed by atoms with Gasteiger partial charge in [-0.25, -0.2) is 0 Å². The van der Waals surface area contributed by atoms with Crippen molar-refractivity contribution < 1.29 is 9.21 Å². The van der Waals surface area contributed by atoms with Gasteiger partial charge in [-0.05, 0) is 17.7 Å². The summed E-state index contributed by atoms with van der Waals surface area (Å²) < 4.78 is 5.28. The Bertz CT molecular complexity index is 642. The smallest absolute Gasteiger partial charge is 0.223 e. The quantitative estimate of drug-likeness (QED) is 0.819.